The summed E-state index contributed by atoms with van der Waals surface area (Å²) in [5, 5.41) is 7.39. The van der Waals surface area contributed by atoms with Gasteiger partial charge in [0.05, 0.1) is 11.2 Å². The summed E-state index contributed by atoms with van der Waals surface area (Å²) in [4.78, 5) is 7.64. The molecule has 0 aliphatic carbocycles. The Morgan fingerprint density at radius 2 is 2.37 bits per heavy atom. The summed E-state index contributed by atoms with van der Waals surface area (Å²) in [6.07, 6.45) is 3.89. The fourth-order valence-corrected chi connectivity index (χ4v) is 4.98. The van der Waals surface area contributed by atoms with Crippen LogP contribution in [0.2, 0.25) is 0 Å². The zero-order valence-corrected chi connectivity index (χ0v) is 13.1. The predicted molar refractivity (Wildman–Crippen MR) is 80.8 cm³/mol. The van der Waals surface area contributed by atoms with Gasteiger partial charge in [0, 0.05) is 18.0 Å². The Hall–Kier alpha value is -0.450. The van der Waals surface area contributed by atoms with Crippen LogP contribution in [0, 0.1) is 0 Å². The fraction of sp³-hybridized carbons (Fsp3) is 0.800. The molecule has 2 atom stereocenters. The van der Waals surface area contributed by atoms with Gasteiger partial charge in [-0.15, -0.1) is 11.3 Å². The van der Waals surface area contributed by atoms with E-state index in [1.165, 1.54) is 43.1 Å². The van der Waals surface area contributed by atoms with Crippen LogP contribution in [0.1, 0.15) is 56.7 Å². The Morgan fingerprint density at radius 1 is 1.53 bits per heavy atom. The molecule has 2 saturated heterocycles. The summed E-state index contributed by atoms with van der Waals surface area (Å²) in [6, 6.07) is 0.665. The number of hydrogen-bond donors (Lipinski definition) is 1. The zero-order chi connectivity index (χ0) is 13.5. The minimum atomic E-state index is 0.128. The minimum Gasteiger partial charge on any atom is -0.304 e. The standard InChI is InChI=1S/C15H25N3S/c1-4-16-15(7-9-18-8-5-6-13(15)18)14-17-12(10-19-14)11(2)3/h10-11,13,16H,4-9H2,1-3H3. The highest BCUT2D eigenvalue weighted by molar-refractivity contribution is 7.09. The predicted octanol–water partition coefficient (Wildman–Crippen LogP) is 2.94. The molecular weight excluding hydrogens is 254 g/mol. The van der Waals surface area contributed by atoms with Crippen LogP contribution in [-0.2, 0) is 5.54 Å². The summed E-state index contributed by atoms with van der Waals surface area (Å²) >= 11 is 1.86. The van der Waals surface area contributed by atoms with Gasteiger partial charge in [-0.1, -0.05) is 20.8 Å². The van der Waals surface area contributed by atoms with E-state index in [4.69, 9.17) is 4.98 Å². The maximum Gasteiger partial charge on any atom is 0.115 e. The van der Waals surface area contributed by atoms with E-state index in [2.05, 4.69) is 36.4 Å². The SMILES string of the molecule is CCNC1(c2nc(C(C)C)cs2)CCN2CCCC21. The Kier molecular flexibility index (Phi) is 3.67. The molecule has 2 fully saturated rings. The molecule has 2 aliphatic heterocycles. The number of likely N-dealkylation sites (N-methyl/N-ethyl adjacent to an activating group) is 1. The van der Waals surface area contributed by atoms with E-state index in [1.54, 1.807) is 0 Å². The van der Waals surface area contributed by atoms with Crippen LogP contribution in [0.3, 0.4) is 0 Å². The van der Waals surface area contributed by atoms with Crippen LogP contribution in [0.4, 0.5) is 0 Å². The largest absolute Gasteiger partial charge is 0.304 e. The lowest BCUT2D eigenvalue weighted by Gasteiger charge is -2.34. The highest BCUT2D eigenvalue weighted by atomic mass is 32.1. The highest BCUT2D eigenvalue weighted by Gasteiger charge is 2.51. The lowest BCUT2D eigenvalue weighted by molar-refractivity contribution is 0.227. The second-order valence-electron chi connectivity index (χ2n) is 6.18. The van der Waals surface area contributed by atoms with E-state index in [1.807, 2.05) is 11.3 Å². The average Bonchev–Trinajstić information content (AvgIpc) is 3.05. The summed E-state index contributed by atoms with van der Waals surface area (Å²) in [7, 11) is 0. The molecule has 1 aromatic rings. The first-order chi connectivity index (χ1) is 9.17. The second-order valence-corrected chi connectivity index (χ2v) is 7.04. The summed E-state index contributed by atoms with van der Waals surface area (Å²) < 4.78 is 0. The number of thiazole rings is 1. The number of nitrogens with one attached hydrogen (secondary N) is 1. The average molecular weight is 279 g/mol. The van der Waals surface area contributed by atoms with Crippen molar-refractivity contribution in [2.24, 2.45) is 0 Å². The topological polar surface area (TPSA) is 28.2 Å². The van der Waals surface area contributed by atoms with Crippen LogP contribution in [0.25, 0.3) is 0 Å². The molecular formula is C15H25N3S. The maximum atomic E-state index is 4.97. The van der Waals surface area contributed by atoms with Crippen molar-refractivity contribution in [3.63, 3.8) is 0 Å². The van der Waals surface area contributed by atoms with Crippen molar-refractivity contribution < 1.29 is 0 Å². The van der Waals surface area contributed by atoms with Gasteiger partial charge in [-0.05, 0) is 38.3 Å². The molecule has 3 heterocycles. The summed E-state index contributed by atoms with van der Waals surface area (Å²) in [5.41, 5.74) is 1.39. The Labute approximate surface area is 120 Å². The Bertz CT molecular complexity index is 438. The highest BCUT2D eigenvalue weighted by Crippen LogP contribution is 2.44. The van der Waals surface area contributed by atoms with Crippen molar-refractivity contribution in [1.29, 1.82) is 0 Å². The first-order valence-corrected chi connectivity index (χ1v) is 8.50. The molecule has 0 saturated carbocycles. The quantitative estimate of drug-likeness (QED) is 0.918. The number of rotatable bonds is 4. The monoisotopic (exact) mass is 279 g/mol. The molecule has 19 heavy (non-hydrogen) atoms. The van der Waals surface area contributed by atoms with Gasteiger partial charge in [-0.2, -0.15) is 0 Å². The lowest BCUT2D eigenvalue weighted by atomic mass is 9.89. The zero-order valence-electron chi connectivity index (χ0n) is 12.3. The van der Waals surface area contributed by atoms with Crippen molar-refractivity contribution in [2.75, 3.05) is 19.6 Å². The molecule has 0 bridgehead atoms. The molecule has 3 rings (SSSR count). The van der Waals surface area contributed by atoms with E-state index >= 15 is 0 Å². The first-order valence-electron chi connectivity index (χ1n) is 7.62. The lowest BCUT2D eigenvalue weighted by Crippen LogP contribution is -2.50. The molecule has 0 spiro atoms. The molecule has 0 radical (unpaired) electrons. The molecule has 2 aliphatic rings. The van der Waals surface area contributed by atoms with Gasteiger partial charge in [-0.3, -0.25) is 4.90 Å². The molecule has 1 aromatic heterocycles. The van der Waals surface area contributed by atoms with Gasteiger partial charge in [0.15, 0.2) is 0 Å². The van der Waals surface area contributed by atoms with E-state index in [0.29, 0.717) is 12.0 Å². The van der Waals surface area contributed by atoms with Crippen molar-refractivity contribution in [1.82, 2.24) is 15.2 Å². The van der Waals surface area contributed by atoms with Crippen LogP contribution >= 0.6 is 11.3 Å². The van der Waals surface area contributed by atoms with Gasteiger partial charge in [0.25, 0.3) is 0 Å². The third-order valence-electron chi connectivity index (χ3n) is 4.71. The van der Waals surface area contributed by atoms with Gasteiger partial charge in [0.2, 0.25) is 0 Å². The number of hydrogen-bond acceptors (Lipinski definition) is 4. The van der Waals surface area contributed by atoms with Gasteiger partial charge in [-0.25, -0.2) is 4.98 Å². The Balaban J connectivity index is 1.95. The van der Waals surface area contributed by atoms with Crippen molar-refractivity contribution in [2.45, 2.75) is 57.5 Å². The Morgan fingerprint density at radius 3 is 3.05 bits per heavy atom. The van der Waals surface area contributed by atoms with Crippen molar-refractivity contribution in [3.05, 3.63) is 16.1 Å². The van der Waals surface area contributed by atoms with E-state index < -0.39 is 0 Å². The van der Waals surface area contributed by atoms with Gasteiger partial charge < -0.3 is 5.32 Å². The third kappa shape index (κ3) is 2.14. The number of nitrogens with zero attached hydrogens (tertiary/aromatic N) is 2. The molecule has 106 valence electrons. The molecule has 4 heteroatoms. The first kappa shape index (κ1) is 13.5. The second kappa shape index (κ2) is 5.15. The number of aromatic nitrogens is 1. The van der Waals surface area contributed by atoms with Gasteiger partial charge >= 0.3 is 0 Å². The van der Waals surface area contributed by atoms with E-state index in [0.717, 1.165) is 6.54 Å². The summed E-state index contributed by atoms with van der Waals surface area (Å²) in [6.45, 7) is 10.2. The van der Waals surface area contributed by atoms with Crippen LogP contribution in [0.15, 0.2) is 5.38 Å². The van der Waals surface area contributed by atoms with Crippen molar-refractivity contribution >= 4 is 11.3 Å². The van der Waals surface area contributed by atoms with E-state index in [-0.39, 0.29) is 5.54 Å². The normalized spacial score (nSPS) is 31.3. The molecule has 0 amide bonds. The summed E-state index contributed by atoms with van der Waals surface area (Å²) in [5.74, 6) is 0.532. The third-order valence-corrected chi connectivity index (χ3v) is 5.75. The van der Waals surface area contributed by atoms with Crippen LogP contribution in [-0.4, -0.2) is 35.6 Å². The number of fused-ring (bicyclic) bond motifs is 1. The molecule has 3 nitrogen and oxygen atoms in total. The molecule has 0 aromatic carbocycles. The smallest absolute Gasteiger partial charge is 0.115 e. The fourth-order valence-electron chi connectivity index (χ4n) is 3.74. The van der Waals surface area contributed by atoms with Crippen LogP contribution < -0.4 is 5.32 Å². The van der Waals surface area contributed by atoms with Crippen LogP contribution in [0.5, 0.6) is 0 Å². The van der Waals surface area contributed by atoms with Crippen molar-refractivity contribution in [3.8, 4) is 0 Å². The van der Waals surface area contributed by atoms with E-state index in [9.17, 15) is 0 Å². The molecule has 1 N–H and O–H groups in total. The minimum absolute atomic E-state index is 0.128. The molecule has 2 unspecified atom stereocenters. The van der Waals surface area contributed by atoms with Gasteiger partial charge in [0.1, 0.15) is 5.01 Å². The maximum absolute atomic E-state index is 4.97.